The van der Waals surface area contributed by atoms with Crippen molar-refractivity contribution in [3.63, 3.8) is 0 Å². The molecule has 1 nitrogen and oxygen atoms in total. The van der Waals surface area contributed by atoms with Gasteiger partial charge in [-0.05, 0) is 41.8 Å². The van der Waals surface area contributed by atoms with E-state index in [0.29, 0.717) is 12.1 Å². The quantitative estimate of drug-likeness (QED) is 0.812. The minimum absolute atomic E-state index is 0.0432. The minimum atomic E-state index is -1.45. The zero-order valence-corrected chi connectivity index (χ0v) is 9.81. The molecule has 0 aliphatic heterocycles. The van der Waals surface area contributed by atoms with Gasteiger partial charge in [0.25, 0.3) is 0 Å². The normalized spacial score (nSPS) is 10.7. The molecule has 0 saturated carbocycles. The van der Waals surface area contributed by atoms with Gasteiger partial charge in [-0.25, -0.2) is 13.2 Å². The van der Waals surface area contributed by atoms with Crippen molar-refractivity contribution in [3.05, 3.63) is 58.9 Å². The largest absolute Gasteiger partial charge is 0.326 e. The fraction of sp³-hybridized carbons (Fsp3) is 0.143. The summed E-state index contributed by atoms with van der Waals surface area (Å²) < 4.78 is 39.8. The van der Waals surface area contributed by atoms with Gasteiger partial charge < -0.3 is 5.73 Å². The highest BCUT2D eigenvalue weighted by Gasteiger charge is 2.16. The first-order chi connectivity index (χ1) is 8.54. The molecule has 94 valence electrons. The van der Waals surface area contributed by atoms with E-state index < -0.39 is 17.5 Å². The van der Waals surface area contributed by atoms with Gasteiger partial charge in [0.05, 0.1) is 0 Å². The number of hydrogen-bond acceptors (Lipinski definition) is 1. The van der Waals surface area contributed by atoms with E-state index in [2.05, 4.69) is 0 Å². The third-order valence-electron chi connectivity index (χ3n) is 2.86. The van der Waals surface area contributed by atoms with E-state index in [9.17, 15) is 13.2 Å². The molecular weight excluding hydrogens is 239 g/mol. The van der Waals surface area contributed by atoms with Crippen LogP contribution >= 0.6 is 0 Å². The van der Waals surface area contributed by atoms with Crippen LogP contribution in [0.2, 0.25) is 0 Å². The Bertz CT molecular complexity index is 594. The summed E-state index contributed by atoms with van der Waals surface area (Å²) in [6.07, 6.45) is 0. The lowest BCUT2D eigenvalue weighted by atomic mass is 9.97. The highest BCUT2D eigenvalue weighted by molar-refractivity contribution is 5.68. The van der Waals surface area contributed by atoms with Crippen molar-refractivity contribution in [2.75, 3.05) is 0 Å². The molecule has 0 aromatic heterocycles. The summed E-state index contributed by atoms with van der Waals surface area (Å²) in [5.41, 5.74) is 7.66. The number of rotatable bonds is 2. The van der Waals surface area contributed by atoms with E-state index in [1.807, 2.05) is 6.07 Å². The number of hydrogen-bond donors (Lipinski definition) is 1. The predicted octanol–water partition coefficient (Wildman–Crippen LogP) is 3.54. The Labute approximate surface area is 103 Å². The monoisotopic (exact) mass is 251 g/mol. The lowest BCUT2D eigenvalue weighted by molar-refractivity contribution is 0.449. The molecular formula is C14H12F3N. The van der Waals surface area contributed by atoms with E-state index in [1.54, 1.807) is 19.1 Å². The van der Waals surface area contributed by atoms with E-state index >= 15 is 0 Å². The highest BCUT2D eigenvalue weighted by Crippen LogP contribution is 2.29. The standard InChI is InChI=1S/C14H12F3N/c1-8-2-3-9(7-18)6-11(8)10-4-5-12(15)14(17)13(10)16/h2-6H,7,18H2,1H3. The fourth-order valence-electron chi connectivity index (χ4n) is 1.82. The molecule has 4 heteroatoms. The Balaban J connectivity index is 2.65. The molecule has 2 aromatic rings. The van der Waals surface area contributed by atoms with Gasteiger partial charge in [0.2, 0.25) is 0 Å². The molecule has 18 heavy (non-hydrogen) atoms. The Morgan fingerprint density at radius 3 is 2.33 bits per heavy atom. The molecule has 2 aromatic carbocycles. The molecule has 0 aliphatic carbocycles. The molecule has 2 N–H and O–H groups in total. The van der Waals surface area contributed by atoms with Crippen molar-refractivity contribution < 1.29 is 13.2 Å². The van der Waals surface area contributed by atoms with Crippen molar-refractivity contribution in [2.45, 2.75) is 13.5 Å². The average Bonchev–Trinajstić information content (AvgIpc) is 2.37. The van der Waals surface area contributed by atoms with Crippen LogP contribution in [-0.2, 0) is 6.54 Å². The van der Waals surface area contributed by atoms with Crippen LogP contribution in [0.1, 0.15) is 11.1 Å². The highest BCUT2D eigenvalue weighted by atomic mass is 19.2. The van der Waals surface area contributed by atoms with Gasteiger partial charge in [0.1, 0.15) is 0 Å². The van der Waals surface area contributed by atoms with Crippen LogP contribution in [0.25, 0.3) is 11.1 Å². The molecule has 0 amide bonds. The fourth-order valence-corrected chi connectivity index (χ4v) is 1.82. The minimum Gasteiger partial charge on any atom is -0.326 e. The Hall–Kier alpha value is -1.81. The Kier molecular flexibility index (Phi) is 3.39. The average molecular weight is 251 g/mol. The molecule has 0 spiro atoms. The summed E-state index contributed by atoms with van der Waals surface area (Å²) in [4.78, 5) is 0. The first kappa shape index (κ1) is 12.6. The van der Waals surface area contributed by atoms with Crippen molar-refractivity contribution in [2.24, 2.45) is 5.73 Å². The number of benzene rings is 2. The third kappa shape index (κ3) is 2.11. The molecule has 0 unspecified atom stereocenters. The van der Waals surface area contributed by atoms with Gasteiger partial charge in [0.15, 0.2) is 17.5 Å². The van der Waals surface area contributed by atoms with Crippen LogP contribution in [0.3, 0.4) is 0 Å². The van der Waals surface area contributed by atoms with Crippen LogP contribution in [-0.4, -0.2) is 0 Å². The summed E-state index contributed by atoms with van der Waals surface area (Å²) >= 11 is 0. The topological polar surface area (TPSA) is 26.0 Å². The molecule has 0 heterocycles. The number of halogens is 3. The smallest absolute Gasteiger partial charge is 0.195 e. The summed E-state index contributed by atoms with van der Waals surface area (Å²) in [5.74, 6) is -3.82. The van der Waals surface area contributed by atoms with Gasteiger partial charge in [-0.15, -0.1) is 0 Å². The first-order valence-corrected chi connectivity index (χ1v) is 5.48. The van der Waals surface area contributed by atoms with Gasteiger partial charge in [0, 0.05) is 12.1 Å². The maximum absolute atomic E-state index is 13.7. The molecule has 0 fully saturated rings. The van der Waals surface area contributed by atoms with Crippen LogP contribution in [0.15, 0.2) is 30.3 Å². The van der Waals surface area contributed by atoms with Gasteiger partial charge >= 0.3 is 0 Å². The number of aryl methyl sites for hydroxylation is 1. The Morgan fingerprint density at radius 1 is 0.944 bits per heavy atom. The maximum atomic E-state index is 13.7. The summed E-state index contributed by atoms with van der Waals surface area (Å²) in [5, 5.41) is 0. The van der Waals surface area contributed by atoms with E-state index in [4.69, 9.17) is 5.73 Å². The van der Waals surface area contributed by atoms with Crippen molar-refractivity contribution in [3.8, 4) is 11.1 Å². The number of nitrogens with two attached hydrogens (primary N) is 1. The van der Waals surface area contributed by atoms with E-state index in [1.165, 1.54) is 6.07 Å². The van der Waals surface area contributed by atoms with Crippen LogP contribution in [0.4, 0.5) is 13.2 Å². The second-order valence-electron chi connectivity index (χ2n) is 4.08. The molecule has 0 saturated heterocycles. The summed E-state index contributed by atoms with van der Waals surface area (Å²) in [7, 11) is 0. The summed E-state index contributed by atoms with van der Waals surface area (Å²) in [6.45, 7) is 2.08. The van der Waals surface area contributed by atoms with E-state index in [-0.39, 0.29) is 5.56 Å². The van der Waals surface area contributed by atoms with Gasteiger partial charge in [-0.3, -0.25) is 0 Å². The zero-order chi connectivity index (χ0) is 13.3. The second-order valence-corrected chi connectivity index (χ2v) is 4.08. The molecule has 0 atom stereocenters. The summed E-state index contributed by atoms with van der Waals surface area (Å²) in [6, 6.07) is 7.43. The zero-order valence-electron chi connectivity index (χ0n) is 9.81. The SMILES string of the molecule is Cc1ccc(CN)cc1-c1ccc(F)c(F)c1F. The van der Waals surface area contributed by atoms with Crippen LogP contribution < -0.4 is 5.73 Å². The van der Waals surface area contributed by atoms with E-state index in [0.717, 1.165) is 17.2 Å². The second kappa shape index (κ2) is 4.82. The van der Waals surface area contributed by atoms with Gasteiger partial charge in [-0.1, -0.05) is 12.1 Å². The predicted molar refractivity (Wildman–Crippen MR) is 64.4 cm³/mol. The third-order valence-corrected chi connectivity index (χ3v) is 2.86. The lowest BCUT2D eigenvalue weighted by Crippen LogP contribution is -1.99. The van der Waals surface area contributed by atoms with Crippen molar-refractivity contribution >= 4 is 0 Å². The van der Waals surface area contributed by atoms with Crippen LogP contribution in [0, 0.1) is 24.4 Å². The molecule has 0 aliphatic rings. The van der Waals surface area contributed by atoms with Crippen molar-refractivity contribution in [1.29, 1.82) is 0 Å². The first-order valence-electron chi connectivity index (χ1n) is 5.48. The van der Waals surface area contributed by atoms with Crippen LogP contribution in [0.5, 0.6) is 0 Å². The maximum Gasteiger partial charge on any atom is 0.195 e. The molecule has 0 bridgehead atoms. The molecule has 2 rings (SSSR count). The van der Waals surface area contributed by atoms with Crippen molar-refractivity contribution in [1.82, 2.24) is 0 Å². The lowest BCUT2D eigenvalue weighted by Gasteiger charge is -2.10. The Morgan fingerprint density at radius 2 is 1.67 bits per heavy atom. The molecule has 0 radical (unpaired) electrons. The van der Waals surface area contributed by atoms with Gasteiger partial charge in [-0.2, -0.15) is 0 Å².